The maximum absolute atomic E-state index is 13.6. The number of rotatable bonds is 6. The minimum atomic E-state index is -0.986. The number of aromatic nitrogens is 2. The van der Waals surface area contributed by atoms with Gasteiger partial charge in [-0.15, -0.1) is 10.2 Å². The third kappa shape index (κ3) is 3.90. The number of aliphatic hydroxyl groups is 1. The highest BCUT2D eigenvalue weighted by Crippen LogP contribution is 2.43. The van der Waals surface area contributed by atoms with E-state index in [1.54, 1.807) is 37.3 Å². The van der Waals surface area contributed by atoms with Crippen molar-refractivity contribution in [2.45, 2.75) is 13.0 Å². The molecule has 1 N–H and O–H groups in total. The summed E-state index contributed by atoms with van der Waals surface area (Å²) in [5, 5.41) is 19.8. The first kappa shape index (κ1) is 21.4. The number of carbonyl (C=O) groups excluding carboxylic acids is 2. The lowest BCUT2D eigenvalue weighted by Gasteiger charge is -2.22. The molecule has 0 aliphatic carbocycles. The molecule has 1 aliphatic heterocycles. The molecule has 0 spiro atoms. The molecule has 4 rings (SSSR count). The van der Waals surface area contributed by atoms with E-state index in [0.717, 1.165) is 11.3 Å². The summed E-state index contributed by atoms with van der Waals surface area (Å²) in [5.74, 6) is -1.97. The van der Waals surface area contributed by atoms with Gasteiger partial charge in [0, 0.05) is 5.56 Å². The zero-order chi connectivity index (χ0) is 22.8. The van der Waals surface area contributed by atoms with E-state index in [-0.39, 0.29) is 16.5 Å². The van der Waals surface area contributed by atoms with Crippen molar-refractivity contribution in [3.05, 3.63) is 88.7 Å². The van der Waals surface area contributed by atoms with Crippen molar-refractivity contribution in [1.82, 2.24) is 10.2 Å². The number of aliphatic hydroxyl groups excluding tert-OH is 1. The normalized spacial score (nSPS) is 17.6. The molecule has 1 unspecified atom stereocenters. The lowest BCUT2D eigenvalue weighted by Crippen LogP contribution is -2.29. The number of ether oxygens (including phenoxy) is 1. The Morgan fingerprint density at radius 1 is 1.19 bits per heavy atom. The molecular formula is C23H18FN3O4S. The average molecular weight is 451 g/mol. The van der Waals surface area contributed by atoms with Gasteiger partial charge in [-0.05, 0) is 48.9 Å². The van der Waals surface area contributed by atoms with Gasteiger partial charge in [0.05, 0.1) is 11.6 Å². The number of Topliss-reactive ketones (excluding diaryl/α,β-unsaturated/α-hetero) is 1. The highest BCUT2D eigenvalue weighted by molar-refractivity contribution is 7.15. The van der Waals surface area contributed by atoms with Crippen molar-refractivity contribution in [1.29, 1.82) is 0 Å². The summed E-state index contributed by atoms with van der Waals surface area (Å²) in [7, 11) is 0. The number of carbonyl (C=O) groups is 2. The summed E-state index contributed by atoms with van der Waals surface area (Å²) in [6, 6.07) is 10.8. The fourth-order valence-electron chi connectivity index (χ4n) is 3.39. The quantitative estimate of drug-likeness (QED) is 0.262. The van der Waals surface area contributed by atoms with Crippen LogP contribution in [0.1, 0.15) is 22.2 Å². The van der Waals surface area contributed by atoms with Crippen molar-refractivity contribution in [3.8, 4) is 5.75 Å². The molecule has 1 aromatic heterocycles. The molecule has 1 amide bonds. The number of hydrogen-bond acceptors (Lipinski definition) is 7. The van der Waals surface area contributed by atoms with Crippen LogP contribution < -0.4 is 9.64 Å². The first-order valence-corrected chi connectivity index (χ1v) is 10.4. The number of aryl methyl sites for hydroxylation is 1. The number of anilines is 1. The number of amides is 1. The highest BCUT2D eigenvalue weighted by Gasteiger charge is 2.48. The summed E-state index contributed by atoms with van der Waals surface area (Å²) >= 11 is 1.14. The molecule has 1 fully saturated rings. The second kappa shape index (κ2) is 8.72. The van der Waals surface area contributed by atoms with E-state index >= 15 is 0 Å². The zero-order valence-electron chi connectivity index (χ0n) is 17.0. The van der Waals surface area contributed by atoms with Crippen molar-refractivity contribution in [3.63, 3.8) is 0 Å². The molecule has 7 nitrogen and oxygen atoms in total. The molecule has 0 saturated carbocycles. The van der Waals surface area contributed by atoms with Crippen LogP contribution in [0.15, 0.2) is 66.8 Å². The van der Waals surface area contributed by atoms with Gasteiger partial charge in [0.2, 0.25) is 5.13 Å². The molecule has 32 heavy (non-hydrogen) atoms. The number of halogens is 1. The van der Waals surface area contributed by atoms with Crippen LogP contribution in [0.2, 0.25) is 0 Å². The van der Waals surface area contributed by atoms with E-state index in [1.165, 1.54) is 29.2 Å². The van der Waals surface area contributed by atoms with E-state index in [0.29, 0.717) is 28.5 Å². The van der Waals surface area contributed by atoms with E-state index in [9.17, 15) is 19.1 Å². The fourth-order valence-corrected chi connectivity index (χ4v) is 4.11. The van der Waals surface area contributed by atoms with Gasteiger partial charge >= 0.3 is 5.91 Å². The molecule has 3 aromatic rings. The van der Waals surface area contributed by atoms with Gasteiger partial charge in [0.25, 0.3) is 5.78 Å². The summed E-state index contributed by atoms with van der Waals surface area (Å²) < 4.78 is 19.0. The smallest absolute Gasteiger partial charge is 0.301 e. The van der Waals surface area contributed by atoms with Crippen LogP contribution >= 0.6 is 11.3 Å². The van der Waals surface area contributed by atoms with Crippen LogP contribution in [0, 0.1) is 12.7 Å². The van der Waals surface area contributed by atoms with Gasteiger partial charge in [-0.1, -0.05) is 36.1 Å². The Bertz CT molecular complexity index is 1220. The van der Waals surface area contributed by atoms with Crippen LogP contribution in [0.25, 0.3) is 5.76 Å². The standard InChI is InChI=1S/C23H18FN3O4S/c1-3-12-31-17-10-6-15(7-11-17)20(28)18-19(14-4-8-16(24)9-5-14)27(22(30)21(18)29)23-26-25-13(2)32-23/h3-11,19,28H,1,12H2,2H3/b20-18+. The number of hydrogen-bond donors (Lipinski definition) is 1. The minimum Gasteiger partial charge on any atom is -0.507 e. The molecule has 0 radical (unpaired) electrons. The first-order valence-electron chi connectivity index (χ1n) is 9.61. The van der Waals surface area contributed by atoms with Gasteiger partial charge in [0.15, 0.2) is 0 Å². The van der Waals surface area contributed by atoms with Crippen molar-refractivity contribution >= 4 is 33.9 Å². The van der Waals surface area contributed by atoms with Crippen molar-refractivity contribution < 1.29 is 23.8 Å². The summed E-state index contributed by atoms with van der Waals surface area (Å²) in [6.45, 7) is 5.63. The molecule has 9 heteroatoms. The van der Waals surface area contributed by atoms with Crippen molar-refractivity contribution in [2.75, 3.05) is 11.5 Å². The SMILES string of the molecule is C=CCOc1ccc(/C(O)=C2\C(=O)C(=O)N(c3nnc(C)s3)C2c2ccc(F)cc2)cc1. The van der Waals surface area contributed by atoms with Gasteiger partial charge in [-0.25, -0.2) is 4.39 Å². The second-order valence-electron chi connectivity index (χ2n) is 6.95. The van der Waals surface area contributed by atoms with Crippen LogP contribution in [-0.2, 0) is 9.59 Å². The highest BCUT2D eigenvalue weighted by atomic mass is 32.1. The Morgan fingerprint density at radius 3 is 2.47 bits per heavy atom. The van der Waals surface area contributed by atoms with Crippen LogP contribution in [0.4, 0.5) is 9.52 Å². The second-order valence-corrected chi connectivity index (χ2v) is 8.11. The zero-order valence-corrected chi connectivity index (χ0v) is 17.8. The number of ketones is 1. The maximum Gasteiger partial charge on any atom is 0.301 e. The van der Waals surface area contributed by atoms with Crippen molar-refractivity contribution in [2.24, 2.45) is 0 Å². The third-order valence-corrected chi connectivity index (χ3v) is 5.69. The van der Waals surface area contributed by atoms with E-state index in [4.69, 9.17) is 4.74 Å². The topological polar surface area (TPSA) is 92.6 Å². The molecule has 1 aliphatic rings. The Balaban J connectivity index is 1.84. The Kier molecular flexibility index (Phi) is 5.83. The molecule has 2 heterocycles. The number of nitrogens with zero attached hydrogens (tertiary/aromatic N) is 3. The van der Waals surface area contributed by atoms with Gasteiger partial charge < -0.3 is 9.84 Å². The van der Waals surface area contributed by atoms with Crippen LogP contribution in [-0.4, -0.2) is 33.6 Å². The summed E-state index contributed by atoms with van der Waals surface area (Å²) in [6.07, 6.45) is 1.60. The Labute approximate surface area is 187 Å². The summed E-state index contributed by atoms with van der Waals surface area (Å²) in [5.41, 5.74) is 0.662. The maximum atomic E-state index is 13.6. The van der Waals surface area contributed by atoms with Crippen LogP contribution in [0.3, 0.4) is 0 Å². The predicted molar refractivity (Wildman–Crippen MR) is 118 cm³/mol. The van der Waals surface area contributed by atoms with Gasteiger partial charge in [-0.3, -0.25) is 14.5 Å². The van der Waals surface area contributed by atoms with Gasteiger partial charge in [0.1, 0.15) is 28.9 Å². The molecule has 2 aromatic carbocycles. The largest absolute Gasteiger partial charge is 0.507 e. The minimum absolute atomic E-state index is 0.116. The third-order valence-electron chi connectivity index (χ3n) is 4.85. The summed E-state index contributed by atoms with van der Waals surface area (Å²) in [4.78, 5) is 27.1. The Morgan fingerprint density at radius 2 is 1.88 bits per heavy atom. The van der Waals surface area contributed by atoms with Gasteiger partial charge in [-0.2, -0.15) is 0 Å². The molecule has 1 atom stereocenters. The molecule has 1 saturated heterocycles. The molecule has 162 valence electrons. The van der Waals surface area contributed by atoms with E-state index in [1.807, 2.05) is 0 Å². The first-order chi connectivity index (χ1) is 15.4. The fraction of sp³-hybridized carbons (Fsp3) is 0.130. The average Bonchev–Trinajstić information content (AvgIpc) is 3.33. The van der Waals surface area contributed by atoms with Crippen LogP contribution in [0.5, 0.6) is 5.75 Å². The van der Waals surface area contributed by atoms with E-state index in [2.05, 4.69) is 16.8 Å². The lowest BCUT2D eigenvalue weighted by molar-refractivity contribution is -0.132. The molecular weight excluding hydrogens is 433 g/mol. The lowest BCUT2D eigenvalue weighted by atomic mass is 9.95. The predicted octanol–water partition coefficient (Wildman–Crippen LogP) is 4.18. The number of benzene rings is 2. The Hall–Kier alpha value is -3.85. The molecule has 0 bridgehead atoms. The van der Waals surface area contributed by atoms with E-state index < -0.39 is 23.5 Å². The monoisotopic (exact) mass is 451 g/mol.